The number of carbonyl (C=O) groups excluding carboxylic acids is 3. The summed E-state index contributed by atoms with van der Waals surface area (Å²) in [4.78, 5) is 36.3. The number of nitrogens with zero attached hydrogens (tertiary/aromatic N) is 1. The van der Waals surface area contributed by atoms with Gasteiger partial charge in [-0.05, 0) is 55.8 Å². The minimum absolute atomic E-state index is 0.172. The minimum atomic E-state index is -0.937. The molecule has 3 aromatic rings. The van der Waals surface area contributed by atoms with E-state index in [9.17, 15) is 14.4 Å². The van der Waals surface area contributed by atoms with Gasteiger partial charge in [-0.25, -0.2) is 5.43 Å². The number of benzene rings is 3. The van der Waals surface area contributed by atoms with Gasteiger partial charge in [-0.2, -0.15) is 5.10 Å². The summed E-state index contributed by atoms with van der Waals surface area (Å²) in [5.41, 5.74) is 4.95. The first-order valence-electron chi connectivity index (χ1n) is 10.9. The van der Waals surface area contributed by atoms with Gasteiger partial charge in [0.15, 0.2) is 6.61 Å². The molecule has 3 rings (SSSR count). The van der Waals surface area contributed by atoms with Crippen molar-refractivity contribution < 1.29 is 23.9 Å². The first-order valence-corrected chi connectivity index (χ1v) is 10.9. The van der Waals surface area contributed by atoms with E-state index in [1.54, 1.807) is 48.5 Å². The number of rotatable bonds is 9. The molecule has 0 fully saturated rings. The maximum absolute atomic E-state index is 12.2. The van der Waals surface area contributed by atoms with E-state index >= 15 is 0 Å². The summed E-state index contributed by atoms with van der Waals surface area (Å²) in [6.45, 7) is 4.03. The SMILES string of the molecule is CCOc1ccccc1NC(=O)C(=O)N/N=C\c1cccc(OCC(=O)Nc2ccc(C)cc2)c1. The molecule has 0 atom stereocenters. The van der Waals surface area contributed by atoms with Crippen LogP contribution >= 0.6 is 0 Å². The molecule has 0 spiro atoms. The quantitative estimate of drug-likeness (QED) is 0.249. The molecule has 180 valence electrons. The second-order valence-electron chi connectivity index (χ2n) is 7.36. The lowest BCUT2D eigenvalue weighted by Crippen LogP contribution is -2.32. The van der Waals surface area contributed by atoms with Crippen LogP contribution in [0.15, 0.2) is 77.9 Å². The van der Waals surface area contributed by atoms with Crippen LogP contribution in [0.1, 0.15) is 18.1 Å². The number of hydrogen-bond acceptors (Lipinski definition) is 6. The summed E-state index contributed by atoms with van der Waals surface area (Å²) in [6.07, 6.45) is 1.36. The van der Waals surface area contributed by atoms with E-state index in [0.29, 0.717) is 35.0 Å². The lowest BCUT2D eigenvalue weighted by Gasteiger charge is -2.10. The van der Waals surface area contributed by atoms with Gasteiger partial charge in [0, 0.05) is 5.69 Å². The standard InChI is InChI=1S/C26H26N4O5/c1-3-34-23-10-5-4-9-22(23)29-25(32)26(33)30-27-16-19-7-6-8-21(15-19)35-17-24(31)28-20-13-11-18(2)12-14-20/h4-16H,3,17H2,1-2H3,(H,28,31)(H,29,32)(H,30,33)/b27-16-. The van der Waals surface area contributed by atoms with Crippen molar-refractivity contribution in [1.29, 1.82) is 0 Å². The third-order valence-corrected chi connectivity index (χ3v) is 4.58. The van der Waals surface area contributed by atoms with Gasteiger partial charge < -0.3 is 20.1 Å². The van der Waals surface area contributed by atoms with E-state index < -0.39 is 11.8 Å². The highest BCUT2D eigenvalue weighted by Gasteiger charge is 2.15. The summed E-state index contributed by atoms with van der Waals surface area (Å²) >= 11 is 0. The minimum Gasteiger partial charge on any atom is -0.492 e. The summed E-state index contributed by atoms with van der Waals surface area (Å²) in [5.74, 6) is -1.20. The number of para-hydroxylation sites is 2. The lowest BCUT2D eigenvalue weighted by atomic mass is 10.2. The van der Waals surface area contributed by atoms with Crippen LogP contribution in [0.25, 0.3) is 0 Å². The number of hydrazone groups is 1. The van der Waals surface area contributed by atoms with Crippen molar-refractivity contribution in [2.45, 2.75) is 13.8 Å². The van der Waals surface area contributed by atoms with Crippen molar-refractivity contribution in [2.75, 3.05) is 23.8 Å². The first-order chi connectivity index (χ1) is 16.9. The Hall–Kier alpha value is -4.66. The Morgan fingerprint density at radius 2 is 1.66 bits per heavy atom. The molecule has 0 bridgehead atoms. The Morgan fingerprint density at radius 1 is 0.886 bits per heavy atom. The maximum Gasteiger partial charge on any atom is 0.329 e. The van der Waals surface area contributed by atoms with E-state index in [0.717, 1.165) is 5.56 Å². The van der Waals surface area contributed by atoms with Crippen molar-refractivity contribution in [3.63, 3.8) is 0 Å². The second kappa shape index (κ2) is 12.5. The normalized spacial score (nSPS) is 10.5. The fourth-order valence-electron chi connectivity index (χ4n) is 2.91. The highest BCUT2D eigenvalue weighted by Crippen LogP contribution is 2.23. The summed E-state index contributed by atoms with van der Waals surface area (Å²) < 4.78 is 11.0. The summed E-state index contributed by atoms with van der Waals surface area (Å²) in [7, 11) is 0. The molecule has 0 unspecified atom stereocenters. The monoisotopic (exact) mass is 474 g/mol. The van der Waals surface area contributed by atoms with E-state index in [-0.39, 0.29) is 12.5 Å². The Labute approximate surface area is 203 Å². The van der Waals surface area contributed by atoms with E-state index in [4.69, 9.17) is 9.47 Å². The molecule has 0 saturated heterocycles. The molecular weight excluding hydrogens is 448 g/mol. The number of aryl methyl sites for hydroxylation is 1. The highest BCUT2D eigenvalue weighted by molar-refractivity contribution is 6.39. The summed E-state index contributed by atoms with van der Waals surface area (Å²) in [5, 5.41) is 9.06. The smallest absolute Gasteiger partial charge is 0.329 e. The summed E-state index contributed by atoms with van der Waals surface area (Å²) in [6, 6.07) is 21.0. The number of carbonyl (C=O) groups is 3. The number of hydrogen-bond donors (Lipinski definition) is 3. The molecular formula is C26H26N4O5. The van der Waals surface area contributed by atoms with Gasteiger partial charge in [0.2, 0.25) is 0 Å². The van der Waals surface area contributed by atoms with Crippen molar-refractivity contribution in [3.8, 4) is 11.5 Å². The zero-order chi connectivity index (χ0) is 25.0. The molecule has 9 nitrogen and oxygen atoms in total. The van der Waals surface area contributed by atoms with E-state index in [2.05, 4.69) is 21.2 Å². The second-order valence-corrected chi connectivity index (χ2v) is 7.36. The van der Waals surface area contributed by atoms with Crippen molar-refractivity contribution >= 4 is 35.3 Å². The van der Waals surface area contributed by atoms with Crippen LogP contribution in [0, 0.1) is 6.92 Å². The van der Waals surface area contributed by atoms with E-state index in [1.165, 1.54) is 6.21 Å². The van der Waals surface area contributed by atoms with Crippen LogP contribution in [0.5, 0.6) is 11.5 Å². The van der Waals surface area contributed by atoms with Crippen molar-refractivity contribution in [1.82, 2.24) is 5.43 Å². The number of amides is 3. The van der Waals surface area contributed by atoms with Gasteiger partial charge in [0.25, 0.3) is 5.91 Å². The third-order valence-electron chi connectivity index (χ3n) is 4.58. The zero-order valence-electron chi connectivity index (χ0n) is 19.4. The lowest BCUT2D eigenvalue weighted by molar-refractivity contribution is -0.136. The van der Waals surface area contributed by atoms with Crippen LogP contribution in [-0.2, 0) is 14.4 Å². The predicted octanol–water partition coefficient (Wildman–Crippen LogP) is 3.50. The highest BCUT2D eigenvalue weighted by atomic mass is 16.5. The van der Waals surface area contributed by atoms with Gasteiger partial charge in [-0.3, -0.25) is 14.4 Å². The first kappa shape index (κ1) is 25.0. The van der Waals surface area contributed by atoms with Crippen molar-refractivity contribution in [2.24, 2.45) is 5.10 Å². The molecule has 0 heterocycles. The Kier molecular flexibility index (Phi) is 8.95. The molecule has 0 aliphatic heterocycles. The van der Waals surface area contributed by atoms with Gasteiger partial charge >= 0.3 is 11.8 Å². The Bertz CT molecular complexity index is 1210. The molecule has 0 radical (unpaired) electrons. The molecule has 0 saturated carbocycles. The molecule has 0 aromatic heterocycles. The molecule has 9 heteroatoms. The van der Waals surface area contributed by atoms with Crippen LogP contribution < -0.4 is 25.5 Å². The topological polar surface area (TPSA) is 118 Å². The van der Waals surface area contributed by atoms with Gasteiger partial charge in [0.1, 0.15) is 11.5 Å². The Morgan fingerprint density at radius 3 is 2.43 bits per heavy atom. The molecule has 3 N–H and O–H groups in total. The van der Waals surface area contributed by atoms with Gasteiger partial charge in [0.05, 0.1) is 18.5 Å². The molecule has 3 amide bonds. The fourth-order valence-corrected chi connectivity index (χ4v) is 2.91. The number of ether oxygens (including phenoxy) is 2. The largest absolute Gasteiger partial charge is 0.492 e. The van der Waals surface area contributed by atoms with Gasteiger partial charge in [-0.15, -0.1) is 0 Å². The molecule has 0 aliphatic carbocycles. The number of anilines is 2. The maximum atomic E-state index is 12.2. The average Bonchev–Trinajstić information content (AvgIpc) is 2.86. The van der Waals surface area contributed by atoms with Crippen molar-refractivity contribution in [3.05, 3.63) is 83.9 Å². The average molecular weight is 475 g/mol. The van der Waals surface area contributed by atoms with E-state index in [1.807, 2.05) is 38.1 Å². The number of nitrogens with one attached hydrogen (secondary N) is 3. The van der Waals surface area contributed by atoms with Gasteiger partial charge in [-0.1, -0.05) is 42.0 Å². The zero-order valence-corrected chi connectivity index (χ0v) is 19.4. The Balaban J connectivity index is 1.48. The predicted molar refractivity (Wildman–Crippen MR) is 134 cm³/mol. The van der Waals surface area contributed by atoms with Crippen LogP contribution in [-0.4, -0.2) is 37.1 Å². The van der Waals surface area contributed by atoms with Crippen LogP contribution in [0.2, 0.25) is 0 Å². The third kappa shape index (κ3) is 8.01. The van der Waals surface area contributed by atoms with Crippen LogP contribution in [0.4, 0.5) is 11.4 Å². The molecule has 35 heavy (non-hydrogen) atoms. The van der Waals surface area contributed by atoms with Crippen LogP contribution in [0.3, 0.4) is 0 Å². The fraction of sp³-hybridized carbons (Fsp3) is 0.154. The molecule has 3 aromatic carbocycles. The molecule has 0 aliphatic rings.